The van der Waals surface area contributed by atoms with Gasteiger partial charge in [0.2, 0.25) is 5.95 Å². The van der Waals surface area contributed by atoms with Crippen LogP contribution in [0.4, 0.5) is 17.5 Å². The van der Waals surface area contributed by atoms with E-state index in [0.29, 0.717) is 12.5 Å². The maximum Gasteiger partial charge on any atom is 0.244 e. The molecule has 0 atom stereocenters. The zero-order valence-electron chi connectivity index (χ0n) is 12.6. The second-order valence-electron chi connectivity index (χ2n) is 5.38. The number of anilines is 3. The molecule has 3 aromatic rings. The molecule has 0 saturated carbocycles. The molecule has 1 aromatic carbocycles. The Labute approximate surface area is 134 Å². The topological polar surface area (TPSA) is 66.8 Å². The summed E-state index contributed by atoms with van der Waals surface area (Å²) in [5.74, 6) is 1.35. The van der Waals surface area contributed by atoms with Crippen LogP contribution in [0.25, 0.3) is 0 Å². The predicted molar refractivity (Wildman–Crippen MR) is 88.5 cm³/mol. The summed E-state index contributed by atoms with van der Waals surface area (Å²) in [6.45, 7) is 1.56. The van der Waals surface area contributed by atoms with Gasteiger partial charge in [-0.05, 0) is 35.7 Å². The fourth-order valence-corrected chi connectivity index (χ4v) is 2.76. The van der Waals surface area contributed by atoms with Crippen molar-refractivity contribution in [2.24, 2.45) is 0 Å². The van der Waals surface area contributed by atoms with Crippen LogP contribution in [0.3, 0.4) is 0 Å². The zero-order chi connectivity index (χ0) is 15.5. The third-order valence-electron chi connectivity index (χ3n) is 3.91. The average molecular weight is 304 g/mol. The van der Waals surface area contributed by atoms with Crippen molar-refractivity contribution in [1.82, 2.24) is 20.2 Å². The van der Waals surface area contributed by atoms with Crippen molar-refractivity contribution in [2.75, 3.05) is 16.8 Å². The first-order valence-corrected chi connectivity index (χ1v) is 7.58. The van der Waals surface area contributed by atoms with Crippen molar-refractivity contribution >= 4 is 17.5 Å². The summed E-state index contributed by atoms with van der Waals surface area (Å²) in [4.78, 5) is 10.8. The summed E-state index contributed by atoms with van der Waals surface area (Å²) in [5.41, 5.74) is 3.67. The number of hydrogen-bond donors (Lipinski definition) is 1. The van der Waals surface area contributed by atoms with Gasteiger partial charge in [0.1, 0.15) is 0 Å². The Morgan fingerprint density at radius 2 is 1.96 bits per heavy atom. The number of hydrogen-bond acceptors (Lipinski definition) is 6. The van der Waals surface area contributed by atoms with Crippen LogP contribution in [0.2, 0.25) is 0 Å². The van der Waals surface area contributed by atoms with E-state index < -0.39 is 0 Å². The van der Waals surface area contributed by atoms with Crippen LogP contribution < -0.4 is 10.2 Å². The number of nitrogens with one attached hydrogen (secondary N) is 1. The number of rotatable bonds is 4. The molecule has 0 amide bonds. The van der Waals surface area contributed by atoms with E-state index in [9.17, 15) is 0 Å². The van der Waals surface area contributed by atoms with Crippen LogP contribution in [0, 0.1) is 0 Å². The first kappa shape index (κ1) is 13.6. The molecule has 0 saturated heterocycles. The standard InChI is InChI=1S/C17H16N6/c1-2-4-15-14(3-1)7-10-23(15)16-12-20-22-17(21-16)19-11-13-5-8-18-9-6-13/h1-6,8-9,12H,7,10-11H2,(H,19,21,22). The molecule has 0 unspecified atom stereocenters. The summed E-state index contributed by atoms with van der Waals surface area (Å²) < 4.78 is 0. The van der Waals surface area contributed by atoms with E-state index in [1.165, 1.54) is 11.3 Å². The largest absolute Gasteiger partial charge is 0.349 e. The second-order valence-corrected chi connectivity index (χ2v) is 5.38. The molecule has 0 bridgehead atoms. The first-order chi connectivity index (χ1) is 11.4. The van der Waals surface area contributed by atoms with Crippen LogP contribution in [0.15, 0.2) is 55.0 Å². The molecule has 6 heteroatoms. The Hall–Kier alpha value is -3.02. The predicted octanol–water partition coefficient (Wildman–Crippen LogP) is 2.57. The normalized spacial score (nSPS) is 13.0. The van der Waals surface area contributed by atoms with Gasteiger partial charge in [-0.1, -0.05) is 18.2 Å². The Bertz CT molecular complexity index is 805. The van der Waals surface area contributed by atoms with Gasteiger partial charge in [0, 0.05) is 31.2 Å². The molecular formula is C17H16N6. The highest BCUT2D eigenvalue weighted by Crippen LogP contribution is 2.32. The minimum atomic E-state index is 0.531. The SMILES string of the molecule is c1ccc2c(c1)CCN2c1cnnc(NCc2ccncc2)n1. The number of fused-ring (bicyclic) bond motifs is 1. The van der Waals surface area contributed by atoms with Gasteiger partial charge in [-0.2, -0.15) is 10.1 Å². The molecule has 2 aromatic heterocycles. The van der Waals surface area contributed by atoms with Gasteiger partial charge in [-0.3, -0.25) is 4.98 Å². The Morgan fingerprint density at radius 3 is 2.87 bits per heavy atom. The lowest BCUT2D eigenvalue weighted by atomic mass is 10.2. The van der Waals surface area contributed by atoms with E-state index in [-0.39, 0.29) is 0 Å². The van der Waals surface area contributed by atoms with Crippen LogP contribution in [0.1, 0.15) is 11.1 Å². The van der Waals surface area contributed by atoms with Crippen LogP contribution in [-0.4, -0.2) is 26.7 Å². The molecule has 4 rings (SSSR count). The molecule has 1 aliphatic rings. The van der Waals surface area contributed by atoms with E-state index in [2.05, 4.69) is 48.6 Å². The monoisotopic (exact) mass is 304 g/mol. The van der Waals surface area contributed by atoms with Crippen molar-refractivity contribution in [2.45, 2.75) is 13.0 Å². The Kier molecular flexibility index (Phi) is 3.56. The number of nitrogens with zero attached hydrogens (tertiary/aromatic N) is 5. The van der Waals surface area contributed by atoms with Gasteiger partial charge in [0.25, 0.3) is 0 Å². The summed E-state index contributed by atoms with van der Waals surface area (Å²) in [7, 11) is 0. The van der Waals surface area contributed by atoms with Gasteiger partial charge >= 0.3 is 0 Å². The fourth-order valence-electron chi connectivity index (χ4n) is 2.76. The number of para-hydroxylation sites is 1. The average Bonchev–Trinajstić information content (AvgIpc) is 3.05. The van der Waals surface area contributed by atoms with E-state index >= 15 is 0 Å². The van der Waals surface area contributed by atoms with Crippen molar-refractivity contribution in [3.63, 3.8) is 0 Å². The minimum absolute atomic E-state index is 0.531. The Morgan fingerprint density at radius 1 is 1.09 bits per heavy atom. The molecule has 0 aliphatic carbocycles. The Balaban J connectivity index is 1.53. The van der Waals surface area contributed by atoms with Gasteiger partial charge in [-0.15, -0.1) is 5.10 Å². The van der Waals surface area contributed by atoms with E-state index in [0.717, 1.165) is 24.3 Å². The van der Waals surface area contributed by atoms with Crippen molar-refractivity contribution in [3.05, 3.63) is 66.1 Å². The summed E-state index contributed by atoms with van der Waals surface area (Å²) in [5, 5.41) is 11.4. The van der Waals surface area contributed by atoms with E-state index in [1.807, 2.05) is 18.2 Å². The molecule has 0 fully saturated rings. The van der Waals surface area contributed by atoms with Crippen LogP contribution in [-0.2, 0) is 13.0 Å². The van der Waals surface area contributed by atoms with Crippen LogP contribution >= 0.6 is 0 Å². The lowest BCUT2D eigenvalue weighted by Crippen LogP contribution is -2.16. The van der Waals surface area contributed by atoms with Crippen molar-refractivity contribution in [1.29, 1.82) is 0 Å². The molecule has 1 N–H and O–H groups in total. The molecule has 6 nitrogen and oxygen atoms in total. The lowest BCUT2D eigenvalue weighted by molar-refractivity contribution is 0.904. The molecule has 114 valence electrons. The van der Waals surface area contributed by atoms with Crippen molar-refractivity contribution < 1.29 is 0 Å². The molecule has 23 heavy (non-hydrogen) atoms. The molecule has 0 spiro atoms. The van der Waals surface area contributed by atoms with Gasteiger partial charge < -0.3 is 10.2 Å². The number of pyridine rings is 1. The highest BCUT2D eigenvalue weighted by atomic mass is 15.3. The molecular weight excluding hydrogens is 288 g/mol. The number of aromatic nitrogens is 4. The van der Waals surface area contributed by atoms with E-state index in [1.54, 1.807) is 18.6 Å². The lowest BCUT2D eigenvalue weighted by Gasteiger charge is -2.18. The summed E-state index contributed by atoms with van der Waals surface area (Å²) in [6, 6.07) is 12.3. The summed E-state index contributed by atoms with van der Waals surface area (Å²) >= 11 is 0. The number of benzene rings is 1. The first-order valence-electron chi connectivity index (χ1n) is 7.58. The molecule has 3 heterocycles. The maximum absolute atomic E-state index is 4.59. The minimum Gasteiger partial charge on any atom is -0.349 e. The zero-order valence-corrected chi connectivity index (χ0v) is 12.6. The maximum atomic E-state index is 4.59. The van der Waals surface area contributed by atoms with E-state index in [4.69, 9.17) is 0 Å². The molecule has 0 radical (unpaired) electrons. The quantitative estimate of drug-likeness (QED) is 0.799. The second kappa shape index (κ2) is 6.00. The third kappa shape index (κ3) is 2.83. The smallest absolute Gasteiger partial charge is 0.244 e. The fraction of sp³-hybridized carbons (Fsp3) is 0.176. The highest BCUT2D eigenvalue weighted by Gasteiger charge is 2.21. The summed E-state index contributed by atoms with van der Waals surface area (Å²) in [6.07, 6.45) is 6.28. The van der Waals surface area contributed by atoms with Gasteiger partial charge in [0.05, 0.1) is 6.20 Å². The molecule has 1 aliphatic heterocycles. The van der Waals surface area contributed by atoms with Gasteiger partial charge in [0.15, 0.2) is 5.82 Å². The third-order valence-corrected chi connectivity index (χ3v) is 3.91. The van der Waals surface area contributed by atoms with Gasteiger partial charge in [-0.25, -0.2) is 0 Å². The van der Waals surface area contributed by atoms with Crippen LogP contribution in [0.5, 0.6) is 0 Å². The van der Waals surface area contributed by atoms with Crippen molar-refractivity contribution in [3.8, 4) is 0 Å². The highest BCUT2D eigenvalue weighted by molar-refractivity contribution is 5.67.